The molecule has 0 unspecified atom stereocenters. The summed E-state index contributed by atoms with van der Waals surface area (Å²) in [6.07, 6.45) is 0.157. The second-order valence-corrected chi connectivity index (χ2v) is 5.80. The lowest BCUT2D eigenvalue weighted by molar-refractivity contribution is -0.150. The van der Waals surface area contributed by atoms with Gasteiger partial charge in [0.2, 0.25) is 5.91 Å². The molecule has 0 aliphatic carbocycles. The number of methoxy groups -OCH3 is 1. The summed E-state index contributed by atoms with van der Waals surface area (Å²) >= 11 is 4.05. The Kier molecular flexibility index (Phi) is 5.65. The Morgan fingerprint density at radius 3 is 2.48 bits per heavy atom. The van der Waals surface area contributed by atoms with Crippen LogP contribution in [-0.2, 0) is 19.1 Å². The molecule has 7 heteroatoms. The zero-order valence-corrected chi connectivity index (χ0v) is 13.6. The Morgan fingerprint density at radius 1 is 1.30 bits per heavy atom. The predicted molar refractivity (Wildman–Crippen MR) is 86.0 cm³/mol. The molecule has 1 aliphatic rings. The molecular weight excluding hydrogens is 318 g/mol. The number of ether oxygens (including phenoxy) is 1. The zero-order chi connectivity index (χ0) is 17.0. The van der Waals surface area contributed by atoms with Crippen LogP contribution in [0.2, 0.25) is 0 Å². The molecule has 124 valence electrons. The van der Waals surface area contributed by atoms with E-state index in [1.54, 1.807) is 24.3 Å². The third kappa shape index (κ3) is 3.50. The lowest BCUT2D eigenvalue weighted by Crippen LogP contribution is -2.42. The number of hydrogen-bond donors (Lipinski definition) is 2. The molecule has 0 radical (unpaired) electrons. The van der Waals surface area contributed by atoms with Gasteiger partial charge in [-0.2, -0.15) is 12.6 Å². The normalized spacial score (nSPS) is 23.6. The lowest BCUT2D eigenvalue weighted by atomic mass is 9.93. The third-order valence-electron chi connectivity index (χ3n) is 4.04. The van der Waals surface area contributed by atoms with Crippen LogP contribution in [0, 0.1) is 5.92 Å². The number of nitrogens with zero attached hydrogens (tertiary/aromatic N) is 1. The molecular formula is C16H19NO5S. The molecule has 1 aliphatic heterocycles. The molecule has 6 nitrogen and oxygen atoms in total. The van der Waals surface area contributed by atoms with E-state index >= 15 is 0 Å². The maximum Gasteiger partial charge on any atom is 0.326 e. The standard InChI is InChI=1S/C16H19NO5S/c1-22-16(21)11-9-12(15(19)20)17(13(18)7-8-23)14(11)10-5-3-2-4-6-10/h2-6,11-12,14,23H,7-9H2,1H3,(H,19,20)/t11-,12-,14-/m0/s1. The average molecular weight is 337 g/mol. The summed E-state index contributed by atoms with van der Waals surface area (Å²) in [7, 11) is 1.26. The highest BCUT2D eigenvalue weighted by Gasteiger charge is 2.50. The van der Waals surface area contributed by atoms with Crippen LogP contribution < -0.4 is 0 Å². The van der Waals surface area contributed by atoms with Crippen molar-refractivity contribution in [3.05, 3.63) is 35.9 Å². The van der Waals surface area contributed by atoms with Crippen molar-refractivity contribution < 1.29 is 24.2 Å². The van der Waals surface area contributed by atoms with Crippen molar-refractivity contribution in [2.45, 2.75) is 24.9 Å². The first-order valence-corrected chi connectivity index (χ1v) is 7.92. The van der Waals surface area contributed by atoms with Crippen LogP contribution in [0.15, 0.2) is 30.3 Å². The van der Waals surface area contributed by atoms with E-state index in [0.29, 0.717) is 5.75 Å². The average Bonchev–Trinajstić information content (AvgIpc) is 2.96. The van der Waals surface area contributed by atoms with Gasteiger partial charge in [0, 0.05) is 6.42 Å². The first-order valence-electron chi connectivity index (χ1n) is 7.28. The van der Waals surface area contributed by atoms with Gasteiger partial charge in [0.05, 0.1) is 19.1 Å². The topological polar surface area (TPSA) is 83.9 Å². The molecule has 0 spiro atoms. The monoisotopic (exact) mass is 337 g/mol. The van der Waals surface area contributed by atoms with E-state index < -0.39 is 29.9 Å². The van der Waals surface area contributed by atoms with Crippen LogP contribution in [0.1, 0.15) is 24.4 Å². The van der Waals surface area contributed by atoms with Crippen molar-refractivity contribution in [1.29, 1.82) is 0 Å². The first-order chi connectivity index (χ1) is 11.0. The summed E-state index contributed by atoms with van der Waals surface area (Å²) < 4.78 is 4.82. The van der Waals surface area contributed by atoms with E-state index in [1.807, 2.05) is 6.07 Å². The summed E-state index contributed by atoms with van der Waals surface area (Å²) in [5, 5.41) is 9.47. The third-order valence-corrected chi connectivity index (χ3v) is 4.26. The number of carboxylic acids is 1. The number of carbonyl (C=O) groups is 3. The van der Waals surface area contributed by atoms with Gasteiger partial charge in [0.25, 0.3) is 0 Å². The van der Waals surface area contributed by atoms with E-state index in [2.05, 4.69) is 12.6 Å². The minimum Gasteiger partial charge on any atom is -0.480 e. The summed E-state index contributed by atoms with van der Waals surface area (Å²) in [5.41, 5.74) is 0.721. The first kappa shape index (κ1) is 17.3. The fourth-order valence-corrected chi connectivity index (χ4v) is 3.26. The second kappa shape index (κ2) is 7.50. The number of benzene rings is 1. The summed E-state index contributed by atoms with van der Waals surface area (Å²) in [6, 6.07) is 7.28. The molecule has 1 aromatic rings. The number of hydrogen-bond acceptors (Lipinski definition) is 5. The van der Waals surface area contributed by atoms with Crippen molar-refractivity contribution in [1.82, 2.24) is 4.90 Å². The van der Waals surface area contributed by atoms with Gasteiger partial charge in [0.15, 0.2) is 0 Å². The van der Waals surface area contributed by atoms with E-state index in [-0.39, 0.29) is 18.7 Å². The van der Waals surface area contributed by atoms with Gasteiger partial charge in [-0.15, -0.1) is 0 Å². The number of esters is 1. The highest BCUT2D eigenvalue weighted by Crippen LogP contribution is 2.42. The summed E-state index contributed by atoms with van der Waals surface area (Å²) in [5.74, 6) is -2.34. The minimum atomic E-state index is -1.12. The molecule has 2 rings (SSSR count). The number of rotatable bonds is 5. The molecule has 1 N–H and O–H groups in total. The SMILES string of the molecule is COC(=O)[C@H]1C[C@@H](C(=O)O)N(C(=O)CCS)[C@H]1c1ccccc1. The maximum absolute atomic E-state index is 12.5. The molecule has 1 fully saturated rings. The summed E-state index contributed by atoms with van der Waals surface area (Å²) in [6.45, 7) is 0. The molecule has 0 bridgehead atoms. The maximum atomic E-state index is 12.5. The molecule has 0 aromatic heterocycles. The molecule has 0 saturated carbocycles. The van der Waals surface area contributed by atoms with Crippen molar-refractivity contribution in [2.24, 2.45) is 5.92 Å². The highest BCUT2D eigenvalue weighted by molar-refractivity contribution is 7.80. The van der Waals surface area contributed by atoms with Crippen LogP contribution >= 0.6 is 12.6 Å². The number of carboxylic acid groups (broad SMARTS) is 1. The zero-order valence-electron chi connectivity index (χ0n) is 12.7. The Labute approximate surface area is 139 Å². The highest BCUT2D eigenvalue weighted by atomic mass is 32.1. The van der Waals surface area contributed by atoms with Crippen LogP contribution in [-0.4, -0.2) is 46.8 Å². The van der Waals surface area contributed by atoms with E-state index in [0.717, 1.165) is 5.56 Å². The Bertz CT molecular complexity index is 591. The molecule has 3 atom stereocenters. The van der Waals surface area contributed by atoms with Gasteiger partial charge in [-0.25, -0.2) is 4.79 Å². The molecule has 1 amide bonds. The molecule has 1 saturated heterocycles. The second-order valence-electron chi connectivity index (χ2n) is 5.35. The van der Waals surface area contributed by atoms with Gasteiger partial charge in [-0.1, -0.05) is 30.3 Å². The van der Waals surface area contributed by atoms with Crippen molar-refractivity contribution in [2.75, 3.05) is 12.9 Å². The van der Waals surface area contributed by atoms with Crippen LogP contribution in [0.25, 0.3) is 0 Å². The van der Waals surface area contributed by atoms with Crippen molar-refractivity contribution in [3.63, 3.8) is 0 Å². The predicted octanol–water partition coefficient (Wildman–Crippen LogP) is 1.52. The molecule has 1 aromatic carbocycles. The van der Waals surface area contributed by atoms with Crippen LogP contribution in [0.5, 0.6) is 0 Å². The number of likely N-dealkylation sites (tertiary alicyclic amines) is 1. The Balaban J connectivity index is 2.48. The number of amides is 1. The van der Waals surface area contributed by atoms with Gasteiger partial charge in [-0.05, 0) is 17.7 Å². The number of thiol groups is 1. The van der Waals surface area contributed by atoms with E-state index in [9.17, 15) is 19.5 Å². The fourth-order valence-electron chi connectivity index (χ4n) is 3.06. The van der Waals surface area contributed by atoms with Crippen LogP contribution in [0.3, 0.4) is 0 Å². The Morgan fingerprint density at radius 2 is 1.96 bits per heavy atom. The molecule has 1 heterocycles. The molecule has 23 heavy (non-hydrogen) atoms. The van der Waals surface area contributed by atoms with Gasteiger partial charge in [0.1, 0.15) is 6.04 Å². The lowest BCUT2D eigenvalue weighted by Gasteiger charge is -2.30. The number of aliphatic carboxylic acids is 1. The quantitative estimate of drug-likeness (QED) is 0.629. The van der Waals surface area contributed by atoms with Gasteiger partial charge in [-0.3, -0.25) is 9.59 Å². The van der Waals surface area contributed by atoms with Gasteiger partial charge < -0.3 is 14.7 Å². The van der Waals surface area contributed by atoms with Crippen molar-refractivity contribution >= 4 is 30.5 Å². The van der Waals surface area contributed by atoms with E-state index in [1.165, 1.54) is 12.0 Å². The fraction of sp³-hybridized carbons (Fsp3) is 0.438. The smallest absolute Gasteiger partial charge is 0.326 e. The largest absolute Gasteiger partial charge is 0.480 e. The Hall–Kier alpha value is -2.02. The van der Waals surface area contributed by atoms with Gasteiger partial charge >= 0.3 is 11.9 Å². The van der Waals surface area contributed by atoms with Crippen LogP contribution in [0.4, 0.5) is 0 Å². The number of carbonyl (C=O) groups excluding carboxylic acids is 2. The summed E-state index contributed by atoms with van der Waals surface area (Å²) in [4.78, 5) is 37.5. The van der Waals surface area contributed by atoms with E-state index in [4.69, 9.17) is 4.74 Å². The minimum absolute atomic E-state index is 0.0415. The van der Waals surface area contributed by atoms with Crippen molar-refractivity contribution in [3.8, 4) is 0 Å².